The van der Waals surface area contributed by atoms with Gasteiger partial charge in [-0.3, -0.25) is 0 Å². The van der Waals surface area contributed by atoms with Crippen molar-refractivity contribution in [3.63, 3.8) is 0 Å². The molecule has 0 amide bonds. The lowest BCUT2D eigenvalue weighted by atomic mass is 9.52. The maximum Gasteiger partial charge on any atom is 0.123 e. The number of nitrogens with two attached hydrogens (primary N) is 1. The number of rotatable bonds is 2. The largest absolute Gasteiger partial charge is 0.496 e. The van der Waals surface area contributed by atoms with Crippen molar-refractivity contribution in [1.82, 2.24) is 0 Å². The highest BCUT2D eigenvalue weighted by atomic mass is 16.5. The van der Waals surface area contributed by atoms with Crippen molar-refractivity contribution in [2.24, 2.45) is 11.1 Å². The van der Waals surface area contributed by atoms with Gasteiger partial charge >= 0.3 is 0 Å². The third-order valence-electron chi connectivity index (χ3n) is 4.58. The molecule has 98 valence electrons. The summed E-state index contributed by atoms with van der Waals surface area (Å²) in [7, 11) is 1.71. The van der Waals surface area contributed by atoms with Crippen molar-refractivity contribution < 1.29 is 9.47 Å². The summed E-state index contributed by atoms with van der Waals surface area (Å²) in [5, 5.41) is 0. The van der Waals surface area contributed by atoms with Crippen LogP contribution in [0.4, 0.5) is 0 Å². The summed E-state index contributed by atoms with van der Waals surface area (Å²) in [5.74, 6) is 0.918. The van der Waals surface area contributed by atoms with Gasteiger partial charge in [0.05, 0.1) is 7.11 Å². The monoisotopic (exact) mass is 247 g/mol. The second kappa shape index (κ2) is 4.25. The highest BCUT2D eigenvalue weighted by Crippen LogP contribution is 2.58. The molecule has 0 bridgehead atoms. The number of para-hydroxylation sites is 1. The van der Waals surface area contributed by atoms with Gasteiger partial charge in [-0.15, -0.1) is 0 Å². The third-order valence-corrected chi connectivity index (χ3v) is 4.58. The first-order valence-electron chi connectivity index (χ1n) is 6.68. The Morgan fingerprint density at radius 1 is 1.17 bits per heavy atom. The fourth-order valence-corrected chi connectivity index (χ4v) is 3.69. The van der Waals surface area contributed by atoms with Crippen LogP contribution in [0.3, 0.4) is 0 Å². The molecule has 1 aromatic carbocycles. The molecule has 1 aliphatic heterocycles. The fourth-order valence-electron chi connectivity index (χ4n) is 3.69. The van der Waals surface area contributed by atoms with E-state index >= 15 is 0 Å². The molecule has 1 heterocycles. The lowest BCUT2D eigenvalue weighted by Crippen LogP contribution is -2.57. The minimum absolute atomic E-state index is 0.204. The van der Waals surface area contributed by atoms with Crippen LogP contribution in [-0.4, -0.2) is 20.3 Å². The Labute approximate surface area is 108 Å². The minimum Gasteiger partial charge on any atom is -0.496 e. The second-order valence-electron chi connectivity index (χ2n) is 5.82. The van der Waals surface area contributed by atoms with Gasteiger partial charge in [0.1, 0.15) is 5.75 Å². The summed E-state index contributed by atoms with van der Waals surface area (Å²) < 4.78 is 10.9. The molecule has 0 aromatic heterocycles. The summed E-state index contributed by atoms with van der Waals surface area (Å²) >= 11 is 0. The molecule has 3 nitrogen and oxygen atoms in total. The van der Waals surface area contributed by atoms with Crippen molar-refractivity contribution in [2.75, 3.05) is 20.3 Å². The van der Waals surface area contributed by atoms with E-state index in [9.17, 15) is 0 Å². The Morgan fingerprint density at radius 3 is 2.50 bits per heavy atom. The van der Waals surface area contributed by atoms with Crippen LogP contribution < -0.4 is 10.5 Å². The van der Waals surface area contributed by atoms with E-state index in [4.69, 9.17) is 15.2 Å². The van der Waals surface area contributed by atoms with Crippen LogP contribution in [0.1, 0.15) is 31.2 Å². The Balaban J connectivity index is 1.81. The summed E-state index contributed by atoms with van der Waals surface area (Å²) in [4.78, 5) is 0. The SMILES string of the molecule is COc1ccccc1C1(N)CC2(CCOCC2)C1. The van der Waals surface area contributed by atoms with Gasteiger partial charge in [0, 0.05) is 24.3 Å². The normalized spacial score (nSPS) is 24.6. The maximum atomic E-state index is 6.59. The number of benzene rings is 1. The minimum atomic E-state index is -0.204. The molecular formula is C15H21NO2. The number of hydrogen-bond acceptors (Lipinski definition) is 3. The lowest BCUT2D eigenvalue weighted by Gasteiger charge is -2.56. The zero-order chi connectivity index (χ0) is 12.6. The molecule has 3 rings (SSSR count). The molecule has 1 aromatic rings. The molecule has 2 N–H and O–H groups in total. The highest BCUT2D eigenvalue weighted by molar-refractivity contribution is 5.41. The van der Waals surface area contributed by atoms with Gasteiger partial charge in [0.2, 0.25) is 0 Å². The van der Waals surface area contributed by atoms with Gasteiger partial charge in [-0.05, 0) is 37.2 Å². The number of ether oxygens (including phenoxy) is 2. The van der Waals surface area contributed by atoms with E-state index in [-0.39, 0.29) is 5.54 Å². The average molecular weight is 247 g/mol. The molecule has 18 heavy (non-hydrogen) atoms. The molecule has 0 radical (unpaired) electrons. The van der Waals surface area contributed by atoms with Crippen LogP contribution in [0, 0.1) is 5.41 Å². The predicted octanol–water partition coefficient (Wildman–Crippen LogP) is 2.44. The van der Waals surface area contributed by atoms with E-state index in [2.05, 4.69) is 6.07 Å². The Morgan fingerprint density at radius 2 is 1.83 bits per heavy atom. The van der Waals surface area contributed by atoms with E-state index in [1.165, 1.54) is 0 Å². The number of methoxy groups -OCH3 is 1. The third kappa shape index (κ3) is 1.82. The molecule has 1 saturated heterocycles. The van der Waals surface area contributed by atoms with E-state index in [1.807, 2.05) is 18.2 Å². The summed E-state index contributed by atoms with van der Waals surface area (Å²) in [6.45, 7) is 1.78. The van der Waals surface area contributed by atoms with E-state index in [1.54, 1.807) is 7.11 Å². The molecule has 1 spiro atoms. The Hall–Kier alpha value is -1.06. The Kier molecular flexibility index (Phi) is 2.83. The van der Waals surface area contributed by atoms with Crippen molar-refractivity contribution in [3.8, 4) is 5.75 Å². The maximum absolute atomic E-state index is 6.59. The molecular weight excluding hydrogens is 226 g/mol. The van der Waals surface area contributed by atoms with Crippen LogP contribution >= 0.6 is 0 Å². The summed E-state index contributed by atoms with van der Waals surface area (Å²) in [5.41, 5.74) is 7.96. The van der Waals surface area contributed by atoms with Crippen LogP contribution in [0.2, 0.25) is 0 Å². The molecule has 3 heteroatoms. The van der Waals surface area contributed by atoms with E-state index in [0.717, 1.165) is 50.2 Å². The zero-order valence-electron chi connectivity index (χ0n) is 10.9. The molecule has 2 fully saturated rings. The summed E-state index contributed by atoms with van der Waals surface area (Å²) in [6.07, 6.45) is 4.43. The molecule has 1 aliphatic carbocycles. The van der Waals surface area contributed by atoms with Crippen molar-refractivity contribution in [3.05, 3.63) is 29.8 Å². The first-order valence-corrected chi connectivity index (χ1v) is 6.68. The quantitative estimate of drug-likeness (QED) is 0.873. The lowest BCUT2D eigenvalue weighted by molar-refractivity contribution is -0.0730. The molecule has 0 atom stereocenters. The Bertz CT molecular complexity index is 430. The van der Waals surface area contributed by atoms with Crippen molar-refractivity contribution in [2.45, 2.75) is 31.2 Å². The van der Waals surface area contributed by atoms with Gasteiger partial charge in [0.25, 0.3) is 0 Å². The fraction of sp³-hybridized carbons (Fsp3) is 0.600. The van der Waals surface area contributed by atoms with E-state index in [0.29, 0.717) is 5.41 Å². The molecule has 1 saturated carbocycles. The van der Waals surface area contributed by atoms with Crippen molar-refractivity contribution >= 4 is 0 Å². The van der Waals surface area contributed by atoms with Crippen LogP contribution in [0.15, 0.2) is 24.3 Å². The van der Waals surface area contributed by atoms with Gasteiger partial charge < -0.3 is 15.2 Å². The van der Waals surface area contributed by atoms with Crippen LogP contribution in [-0.2, 0) is 10.3 Å². The molecule has 0 unspecified atom stereocenters. The van der Waals surface area contributed by atoms with Crippen LogP contribution in [0.25, 0.3) is 0 Å². The van der Waals surface area contributed by atoms with Gasteiger partial charge in [-0.1, -0.05) is 18.2 Å². The zero-order valence-corrected chi connectivity index (χ0v) is 10.9. The smallest absolute Gasteiger partial charge is 0.123 e. The predicted molar refractivity (Wildman–Crippen MR) is 70.6 cm³/mol. The standard InChI is InChI=1S/C15H21NO2/c1-17-13-5-3-2-4-12(13)15(16)10-14(11-15)6-8-18-9-7-14/h2-5H,6-11,16H2,1H3. The highest BCUT2D eigenvalue weighted by Gasteiger charge is 2.54. The molecule has 2 aliphatic rings. The first kappa shape index (κ1) is 12.0. The number of hydrogen-bond donors (Lipinski definition) is 1. The van der Waals surface area contributed by atoms with Crippen molar-refractivity contribution in [1.29, 1.82) is 0 Å². The second-order valence-corrected chi connectivity index (χ2v) is 5.82. The van der Waals surface area contributed by atoms with Gasteiger partial charge in [-0.25, -0.2) is 0 Å². The van der Waals surface area contributed by atoms with Crippen LogP contribution in [0.5, 0.6) is 5.75 Å². The van der Waals surface area contributed by atoms with Gasteiger partial charge in [-0.2, -0.15) is 0 Å². The average Bonchev–Trinajstić information content (AvgIpc) is 2.38. The summed E-state index contributed by atoms with van der Waals surface area (Å²) in [6, 6.07) is 8.14. The first-order chi connectivity index (χ1) is 8.68. The van der Waals surface area contributed by atoms with Gasteiger partial charge in [0.15, 0.2) is 0 Å². The van der Waals surface area contributed by atoms with E-state index < -0.39 is 0 Å². The topological polar surface area (TPSA) is 44.5 Å².